The summed E-state index contributed by atoms with van der Waals surface area (Å²) in [7, 11) is -5.40. The number of benzene rings is 5. The van der Waals surface area contributed by atoms with Gasteiger partial charge in [-0.15, -0.1) is 0 Å². The monoisotopic (exact) mass is 752 g/mol. The Morgan fingerprint density at radius 3 is 0.630 bits per heavy atom. The summed E-state index contributed by atoms with van der Waals surface area (Å²) < 4.78 is 22.1. The maximum atomic E-state index is 6.17. The third-order valence-corrected chi connectivity index (χ3v) is 17.9. The van der Waals surface area contributed by atoms with Gasteiger partial charge in [-0.2, -0.15) is 9.03 Å². The van der Waals surface area contributed by atoms with Crippen molar-refractivity contribution in [3.05, 3.63) is 176 Å². The predicted octanol–water partition coefficient (Wildman–Crippen LogP) is 14.3. The lowest BCUT2D eigenvalue weighted by Gasteiger charge is -2.48. The molecule has 8 rings (SSSR count). The van der Waals surface area contributed by atoms with Crippen LogP contribution >= 0.6 is 15.0 Å². The Balaban J connectivity index is 0.000000684. The van der Waals surface area contributed by atoms with E-state index in [9.17, 15) is 0 Å². The van der Waals surface area contributed by atoms with Crippen molar-refractivity contribution in [2.75, 3.05) is 18.7 Å². The van der Waals surface area contributed by atoms with Gasteiger partial charge in [-0.05, 0) is 128 Å². The van der Waals surface area contributed by atoms with E-state index in [1.54, 1.807) is 0 Å². The van der Waals surface area contributed by atoms with Crippen LogP contribution in [0.1, 0.15) is 66.8 Å². The summed E-state index contributed by atoms with van der Waals surface area (Å²) in [4.78, 5) is 0. The first-order valence-electron chi connectivity index (χ1n) is 18.8. The SMILES string of the molecule is Cc1cc(C)c(N2C=CN(c3c(C)cc(C)cc3C)P23=NP2(=N3)N(c3c(C)cc(C)cc3C)C=CN2c2c(C)cc(C)cc2C)c(C)c1.c1ccccc1. The van der Waals surface area contributed by atoms with Crippen molar-refractivity contribution in [1.82, 2.24) is 0 Å². The first-order valence-corrected chi connectivity index (χ1v) is 22.0. The minimum atomic E-state index is -2.70. The fraction of sp³-hybridized carbons (Fsp3) is 0.261. The van der Waals surface area contributed by atoms with Gasteiger partial charge >= 0.3 is 0 Å². The molecule has 0 N–H and O–H groups in total. The second-order valence-corrected chi connectivity index (χ2v) is 20.7. The highest BCUT2D eigenvalue weighted by atomic mass is 31.3. The molecule has 0 amide bonds. The van der Waals surface area contributed by atoms with Gasteiger partial charge in [0.05, 0.1) is 22.7 Å². The molecule has 8 heteroatoms. The van der Waals surface area contributed by atoms with Crippen molar-refractivity contribution in [1.29, 1.82) is 0 Å². The molecule has 0 fully saturated rings. The second-order valence-electron chi connectivity index (χ2n) is 15.4. The average molecular weight is 753 g/mol. The normalized spacial score (nSPS) is 16.1. The van der Waals surface area contributed by atoms with Crippen molar-refractivity contribution in [3.8, 4) is 0 Å². The van der Waals surface area contributed by atoms with E-state index in [-0.39, 0.29) is 0 Å². The van der Waals surface area contributed by atoms with Crippen molar-refractivity contribution in [3.63, 3.8) is 0 Å². The van der Waals surface area contributed by atoms with E-state index in [0.29, 0.717) is 0 Å². The molecule has 3 heterocycles. The van der Waals surface area contributed by atoms with Crippen LogP contribution in [0, 0.1) is 83.1 Å². The second kappa shape index (κ2) is 14.1. The molecule has 54 heavy (non-hydrogen) atoms. The van der Waals surface area contributed by atoms with Gasteiger partial charge in [0.15, 0.2) is 0 Å². The van der Waals surface area contributed by atoms with E-state index in [4.69, 9.17) is 9.03 Å². The van der Waals surface area contributed by atoms with Crippen LogP contribution in [0.5, 0.6) is 0 Å². The van der Waals surface area contributed by atoms with E-state index in [0.717, 1.165) is 0 Å². The zero-order valence-electron chi connectivity index (χ0n) is 34.0. The van der Waals surface area contributed by atoms with Crippen LogP contribution in [-0.2, 0) is 0 Å². The standard InChI is InChI=1S/C40H48N6P2.C6H6/c1-25-17-29(5)37(30(6)18-25)43-13-14-44(38-31(7)19-26(2)20-32(38)8)47(43)41-48(42-47)45(39-33(9)21-27(3)22-34(39)10)15-16-46(48)40-35(11)23-28(4)24-36(40)12;1-2-4-6-5-3-1/h13-24H,1-12H3;1-6H. The van der Waals surface area contributed by atoms with E-state index in [2.05, 4.69) is 175 Å². The van der Waals surface area contributed by atoms with E-state index < -0.39 is 15.0 Å². The molecule has 278 valence electrons. The van der Waals surface area contributed by atoms with Gasteiger partial charge < -0.3 is 0 Å². The molecule has 3 aliphatic rings. The van der Waals surface area contributed by atoms with Gasteiger partial charge in [-0.25, -0.2) is 0 Å². The molecular weight excluding hydrogens is 698 g/mol. The molecule has 0 bridgehead atoms. The van der Waals surface area contributed by atoms with Crippen molar-refractivity contribution in [2.45, 2.75) is 83.1 Å². The highest BCUT2D eigenvalue weighted by Gasteiger charge is 2.56. The van der Waals surface area contributed by atoms with Gasteiger partial charge in [-0.1, -0.05) is 107 Å². The lowest BCUT2D eigenvalue weighted by molar-refractivity contribution is 1.21. The van der Waals surface area contributed by atoms with E-state index >= 15 is 0 Å². The van der Waals surface area contributed by atoms with Crippen LogP contribution in [0.25, 0.3) is 0 Å². The minimum absolute atomic E-state index is 1.20. The number of hydrogen-bond donors (Lipinski definition) is 0. The Morgan fingerprint density at radius 2 is 0.463 bits per heavy atom. The van der Waals surface area contributed by atoms with Gasteiger partial charge in [0.1, 0.15) is 0 Å². The zero-order chi connectivity index (χ0) is 38.7. The summed E-state index contributed by atoms with van der Waals surface area (Å²) in [5.74, 6) is 0. The molecule has 0 radical (unpaired) electrons. The molecule has 0 aliphatic carbocycles. The van der Waals surface area contributed by atoms with Gasteiger partial charge in [0.25, 0.3) is 15.0 Å². The molecule has 5 aromatic rings. The Kier molecular flexibility index (Phi) is 9.84. The molecule has 0 unspecified atom stereocenters. The van der Waals surface area contributed by atoms with Crippen LogP contribution in [0.3, 0.4) is 0 Å². The minimum Gasteiger partial charge on any atom is -0.278 e. The van der Waals surface area contributed by atoms with Crippen LogP contribution < -0.4 is 18.7 Å². The summed E-state index contributed by atoms with van der Waals surface area (Å²) in [6.45, 7) is 26.5. The highest BCUT2D eigenvalue weighted by Crippen LogP contribution is 2.87. The largest absolute Gasteiger partial charge is 0.282 e. The van der Waals surface area contributed by atoms with Gasteiger partial charge in [0, 0.05) is 24.8 Å². The Bertz CT molecular complexity index is 2050. The molecule has 0 saturated heterocycles. The van der Waals surface area contributed by atoms with Crippen LogP contribution in [0.15, 0.2) is 119 Å². The Labute approximate surface area is 323 Å². The number of hydrogen-bond acceptors (Lipinski definition) is 6. The summed E-state index contributed by atoms with van der Waals surface area (Å²) in [5.41, 5.74) is 19.9. The molecule has 0 atom stereocenters. The Hall–Kier alpha value is -4.76. The van der Waals surface area contributed by atoms with Crippen LogP contribution in [-0.4, -0.2) is 0 Å². The number of rotatable bonds is 4. The maximum absolute atomic E-state index is 6.17. The van der Waals surface area contributed by atoms with E-state index in [1.807, 2.05) is 36.4 Å². The first kappa shape index (κ1) is 37.6. The molecule has 6 nitrogen and oxygen atoms in total. The number of nitrogens with zero attached hydrogens (tertiary/aromatic N) is 6. The molecule has 5 aromatic carbocycles. The summed E-state index contributed by atoms with van der Waals surface area (Å²) in [5, 5.41) is 0. The fourth-order valence-electron chi connectivity index (χ4n) is 8.84. The maximum Gasteiger partial charge on any atom is 0.282 e. The third kappa shape index (κ3) is 6.24. The summed E-state index contributed by atoms with van der Waals surface area (Å²) >= 11 is 0. The lowest BCUT2D eigenvalue weighted by Crippen LogP contribution is -2.29. The van der Waals surface area contributed by atoms with Gasteiger partial charge in [-0.3, -0.25) is 18.7 Å². The average Bonchev–Trinajstić information content (AvgIpc) is 3.61. The summed E-state index contributed by atoms with van der Waals surface area (Å²) in [6.07, 6.45) is 8.96. The molecular formula is C46H54N6P2. The number of aryl methyl sites for hydroxylation is 12. The highest BCUT2D eigenvalue weighted by molar-refractivity contribution is 7.90. The van der Waals surface area contributed by atoms with Crippen molar-refractivity contribution >= 4 is 37.8 Å². The molecule has 0 saturated carbocycles. The third-order valence-electron chi connectivity index (χ3n) is 10.5. The zero-order valence-corrected chi connectivity index (χ0v) is 35.8. The first-order chi connectivity index (χ1) is 25.7. The predicted molar refractivity (Wildman–Crippen MR) is 236 cm³/mol. The summed E-state index contributed by atoms with van der Waals surface area (Å²) in [6, 6.07) is 30.3. The van der Waals surface area contributed by atoms with Crippen LogP contribution in [0.4, 0.5) is 22.7 Å². The van der Waals surface area contributed by atoms with Crippen molar-refractivity contribution in [2.24, 2.45) is 9.03 Å². The molecule has 3 aliphatic heterocycles. The smallest absolute Gasteiger partial charge is 0.278 e. The topological polar surface area (TPSA) is 37.7 Å². The van der Waals surface area contributed by atoms with Crippen LogP contribution in [0.2, 0.25) is 0 Å². The molecule has 0 aromatic heterocycles. The Morgan fingerprint density at radius 1 is 0.296 bits per heavy atom. The van der Waals surface area contributed by atoms with Gasteiger partial charge in [0.2, 0.25) is 0 Å². The van der Waals surface area contributed by atoms with E-state index in [1.165, 1.54) is 89.5 Å². The molecule has 2 spiro atoms. The fourth-order valence-corrected chi connectivity index (χ4v) is 17.9. The lowest BCUT2D eigenvalue weighted by atomic mass is 10.1. The van der Waals surface area contributed by atoms with Crippen molar-refractivity contribution < 1.29 is 0 Å². The number of anilines is 4. The quantitative estimate of drug-likeness (QED) is 0.171.